The van der Waals surface area contributed by atoms with Gasteiger partial charge in [-0.3, -0.25) is 4.79 Å². The van der Waals surface area contributed by atoms with Gasteiger partial charge >= 0.3 is 0 Å². The van der Waals surface area contributed by atoms with E-state index in [0.717, 1.165) is 13.1 Å². The third-order valence-electron chi connectivity index (χ3n) is 2.69. The van der Waals surface area contributed by atoms with Gasteiger partial charge in [-0.2, -0.15) is 0 Å². The zero-order valence-corrected chi connectivity index (χ0v) is 12.1. The maximum absolute atomic E-state index is 12.0. The zero-order chi connectivity index (χ0) is 13.0. The molecule has 1 atom stereocenters. The minimum absolute atomic E-state index is 0.0219. The number of halogens is 2. The minimum atomic E-state index is -0.185. The summed E-state index contributed by atoms with van der Waals surface area (Å²) < 4.78 is 6.21. The Hall–Kier alpha value is -0.620. The fraction of sp³-hybridized carbons (Fsp3) is 0.417. The lowest BCUT2D eigenvalue weighted by Gasteiger charge is -2.23. The summed E-state index contributed by atoms with van der Waals surface area (Å²) in [4.78, 5) is 12.0. The van der Waals surface area contributed by atoms with E-state index in [2.05, 4.69) is 26.6 Å². The van der Waals surface area contributed by atoms with Gasteiger partial charge in [0, 0.05) is 24.1 Å². The van der Waals surface area contributed by atoms with Crippen LogP contribution >= 0.6 is 27.5 Å². The maximum atomic E-state index is 12.0. The molecule has 0 saturated carbocycles. The molecule has 1 fully saturated rings. The average Bonchev–Trinajstić information content (AvgIpc) is 2.40. The number of hydrogen-bond acceptors (Lipinski definition) is 3. The van der Waals surface area contributed by atoms with Gasteiger partial charge in [-0.1, -0.05) is 17.7 Å². The molecule has 2 rings (SSSR count). The molecule has 1 aromatic rings. The standard InChI is InChI=1S/C12H14BrClN2O2/c13-10-3-1-2-9(11(10)14)12(17)16-7-8-6-15-4-5-18-8/h1-3,8,15H,4-7H2,(H,16,17). The number of carbonyl (C=O) groups is 1. The lowest BCUT2D eigenvalue weighted by Crippen LogP contribution is -2.45. The first kappa shape index (κ1) is 13.8. The number of amides is 1. The third-order valence-corrected chi connectivity index (χ3v) is 3.99. The van der Waals surface area contributed by atoms with Crippen molar-refractivity contribution in [1.82, 2.24) is 10.6 Å². The first-order valence-corrected chi connectivity index (χ1v) is 6.90. The van der Waals surface area contributed by atoms with E-state index in [1.165, 1.54) is 0 Å². The van der Waals surface area contributed by atoms with Crippen molar-refractivity contribution in [3.05, 3.63) is 33.3 Å². The highest BCUT2D eigenvalue weighted by Gasteiger charge is 2.16. The van der Waals surface area contributed by atoms with E-state index in [9.17, 15) is 4.79 Å². The van der Waals surface area contributed by atoms with Gasteiger partial charge in [0.15, 0.2) is 0 Å². The van der Waals surface area contributed by atoms with Gasteiger partial charge in [0.2, 0.25) is 0 Å². The number of carbonyl (C=O) groups excluding carboxylic acids is 1. The van der Waals surface area contributed by atoms with Crippen molar-refractivity contribution < 1.29 is 9.53 Å². The highest BCUT2D eigenvalue weighted by molar-refractivity contribution is 9.10. The van der Waals surface area contributed by atoms with Crippen LogP contribution in [-0.4, -0.2) is 38.3 Å². The van der Waals surface area contributed by atoms with Crippen LogP contribution in [0.4, 0.5) is 0 Å². The van der Waals surface area contributed by atoms with Gasteiger partial charge < -0.3 is 15.4 Å². The van der Waals surface area contributed by atoms with Crippen molar-refractivity contribution in [3.63, 3.8) is 0 Å². The highest BCUT2D eigenvalue weighted by Crippen LogP contribution is 2.25. The molecule has 1 amide bonds. The molecule has 2 N–H and O–H groups in total. The van der Waals surface area contributed by atoms with Crippen molar-refractivity contribution in [2.45, 2.75) is 6.10 Å². The van der Waals surface area contributed by atoms with E-state index < -0.39 is 0 Å². The van der Waals surface area contributed by atoms with Gasteiger partial charge in [-0.25, -0.2) is 0 Å². The lowest BCUT2D eigenvalue weighted by molar-refractivity contribution is 0.0287. The Morgan fingerprint density at radius 3 is 3.17 bits per heavy atom. The SMILES string of the molecule is O=C(NCC1CNCCO1)c1cccc(Br)c1Cl. The number of hydrogen-bond donors (Lipinski definition) is 2. The molecule has 4 nitrogen and oxygen atoms in total. The van der Waals surface area contributed by atoms with Crippen molar-refractivity contribution in [3.8, 4) is 0 Å². The Bertz CT molecular complexity index is 436. The first-order valence-electron chi connectivity index (χ1n) is 5.73. The fourth-order valence-corrected chi connectivity index (χ4v) is 2.31. The predicted octanol–water partition coefficient (Wildman–Crippen LogP) is 1.82. The average molecular weight is 334 g/mol. The van der Waals surface area contributed by atoms with Crippen LogP contribution in [0.3, 0.4) is 0 Å². The van der Waals surface area contributed by atoms with E-state index >= 15 is 0 Å². The van der Waals surface area contributed by atoms with Gasteiger partial charge in [-0.05, 0) is 28.1 Å². The van der Waals surface area contributed by atoms with E-state index in [4.69, 9.17) is 16.3 Å². The fourth-order valence-electron chi connectivity index (χ4n) is 1.73. The van der Waals surface area contributed by atoms with Crippen LogP contribution in [0.2, 0.25) is 5.02 Å². The Morgan fingerprint density at radius 1 is 1.61 bits per heavy atom. The summed E-state index contributed by atoms with van der Waals surface area (Å²) in [7, 11) is 0. The molecule has 0 spiro atoms. The van der Waals surface area contributed by atoms with Crippen LogP contribution in [0.5, 0.6) is 0 Å². The minimum Gasteiger partial charge on any atom is -0.374 e. The second kappa shape index (κ2) is 6.52. The van der Waals surface area contributed by atoms with Gasteiger partial charge in [0.1, 0.15) is 0 Å². The van der Waals surface area contributed by atoms with Gasteiger partial charge in [0.05, 0.1) is 23.3 Å². The lowest BCUT2D eigenvalue weighted by atomic mass is 10.2. The van der Waals surface area contributed by atoms with Gasteiger partial charge in [-0.15, -0.1) is 0 Å². The van der Waals surface area contributed by atoms with Crippen molar-refractivity contribution in [1.29, 1.82) is 0 Å². The number of ether oxygens (including phenoxy) is 1. The van der Waals surface area contributed by atoms with Crippen LogP contribution < -0.4 is 10.6 Å². The first-order chi connectivity index (χ1) is 8.68. The second-order valence-corrected chi connectivity index (χ2v) is 5.24. The predicted molar refractivity (Wildman–Crippen MR) is 74.1 cm³/mol. The molecule has 1 heterocycles. The van der Waals surface area contributed by atoms with E-state index in [0.29, 0.717) is 28.2 Å². The largest absolute Gasteiger partial charge is 0.374 e. The van der Waals surface area contributed by atoms with E-state index in [1.54, 1.807) is 18.2 Å². The zero-order valence-electron chi connectivity index (χ0n) is 9.71. The van der Waals surface area contributed by atoms with Crippen LogP contribution in [0, 0.1) is 0 Å². The summed E-state index contributed by atoms with van der Waals surface area (Å²) in [6.45, 7) is 2.78. The number of morpholine rings is 1. The van der Waals surface area contributed by atoms with Gasteiger partial charge in [0.25, 0.3) is 5.91 Å². The third kappa shape index (κ3) is 3.45. The Morgan fingerprint density at radius 2 is 2.44 bits per heavy atom. The monoisotopic (exact) mass is 332 g/mol. The molecule has 0 aliphatic carbocycles. The molecule has 18 heavy (non-hydrogen) atoms. The molecule has 1 unspecified atom stereocenters. The second-order valence-electron chi connectivity index (χ2n) is 4.01. The van der Waals surface area contributed by atoms with Crippen LogP contribution in [0.25, 0.3) is 0 Å². The molecule has 98 valence electrons. The summed E-state index contributed by atoms with van der Waals surface area (Å²) in [5.74, 6) is -0.185. The molecule has 0 radical (unpaired) electrons. The van der Waals surface area contributed by atoms with Crippen molar-refractivity contribution >= 4 is 33.4 Å². The summed E-state index contributed by atoms with van der Waals surface area (Å²) in [6, 6.07) is 5.28. The molecule has 1 aromatic carbocycles. The highest BCUT2D eigenvalue weighted by atomic mass is 79.9. The number of nitrogens with one attached hydrogen (secondary N) is 2. The quantitative estimate of drug-likeness (QED) is 0.887. The maximum Gasteiger partial charge on any atom is 0.252 e. The Labute approximate surface area is 119 Å². The normalized spacial score (nSPS) is 19.6. The smallest absolute Gasteiger partial charge is 0.252 e. The van der Waals surface area contributed by atoms with Crippen LogP contribution in [0.15, 0.2) is 22.7 Å². The molecule has 1 saturated heterocycles. The summed E-state index contributed by atoms with van der Waals surface area (Å²) in [5.41, 5.74) is 0.467. The van der Waals surface area contributed by atoms with E-state index in [-0.39, 0.29) is 12.0 Å². The molecule has 0 bridgehead atoms. The molecule has 0 aromatic heterocycles. The molecular weight excluding hydrogens is 320 g/mol. The van der Waals surface area contributed by atoms with Crippen molar-refractivity contribution in [2.75, 3.05) is 26.2 Å². The van der Waals surface area contributed by atoms with Crippen LogP contribution in [-0.2, 0) is 4.74 Å². The Kier molecular flexibility index (Phi) is 5.00. The van der Waals surface area contributed by atoms with Crippen LogP contribution in [0.1, 0.15) is 10.4 Å². The summed E-state index contributed by atoms with van der Waals surface area (Å²) >= 11 is 9.35. The molecule has 1 aliphatic rings. The molecule has 1 aliphatic heterocycles. The summed E-state index contributed by atoms with van der Waals surface area (Å²) in [6.07, 6.45) is 0.0219. The molecule has 6 heteroatoms. The summed E-state index contributed by atoms with van der Waals surface area (Å²) in [5, 5.41) is 6.46. The Balaban J connectivity index is 1.93. The van der Waals surface area contributed by atoms with E-state index in [1.807, 2.05) is 0 Å². The van der Waals surface area contributed by atoms with Crippen molar-refractivity contribution in [2.24, 2.45) is 0 Å². The topological polar surface area (TPSA) is 50.4 Å². The molecular formula is C12H14BrClN2O2. The number of rotatable bonds is 3. The number of benzene rings is 1.